The Labute approximate surface area is 78.7 Å². The van der Waals surface area contributed by atoms with Gasteiger partial charge in [-0.05, 0) is 12.1 Å². The summed E-state index contributed by atoms with van der Waals surface area (Å²) < 4.78 is 19.0. The molecule has 1 fully saturated rings. The van der Waals surface area contributed by atoms with Crippen LogP contribution in [0.25, 0.3) is 0 Å². The summed E-state index contributed by atoms with van der Waals surface area (Å²) in [5.74, 6) is -0.153. The monoisotopic (exact) mass is 230 g/mol. The van der Waals surface area contributed by atoms with Crippen LogP contribution < -0.4 is 0 Å². The second kappa shape index (κ2) is 3.15. The van der Waals surface area contributed by atoms with Crippen LogP contribution in [0.5, 0.6) is 0 Å². The van der Waals surface area contributed by atoms with Gasteiger partial charge in [0.2, 0.25) is 0 Å². The van der Waals surface area contributed by atoms with Crippen molar-refractivity contribution >= 4 is 15.9 Å². The number of epoxide rings is 1. The molecule has 0 amide bonds. The van der Waals surface area contributed by atoms with E-state index < -0.39 is 0 Å². The van der Waals surface area contributed by atoms with E-state index in [1.165, 1.54) is 6.07 Å². The van der Waals surface area contributed by atoms with Crippen LogP contribution >= 0.6 is 15.9 Å². The highest BCUT2D eigenvalue weighted by molar-refractivity contribution is 9.10. The second-order valence-electron chi connectivity index (χ2n) is 2.86. The van der Waals surface area contributed by atoms with E-state index >= 15 is 0 Å². The van der Waals surface area contributed by atoms with Gasteiger partial charge in [-0.15, -0.1) is 0 Å². The van der Waals surface area contributed by atoms with Crippen molar-refractivity contribution in [3.8, 4) is 0 Å². The number of rotatable bonds is 2. The highest BCUT2D eigenvalue weighted by Gasteiger charge is 2.24. The molecule has 0 aliphatic carbocycles. The van der Waals surface area contributed by atoms with Gasteiger partial charge in [0.25, 0.3) is 0 Å². The summed E-state index contributed by atoms with van der Waals surface area (Å²) in [6, 6.07) is 5.01. The van der Waals surface area contributed by atoms with Crippen LogP contribution in [0, 0.1) is 5.82 Å². The second-order valence-corrected chi connectivity index (χ2v) is 3.71. The topological polar surface area (TPSA) is 12.5 Å². The molecule has 1 aromatic carbocycles. The van der Waals surface area contributed by atoms with Crippen LogP contribution in [0.15, 0.2) is 22.7 Å². The highest BCUT2D eigenvalue weighted by atomic mass is 79.9. The van der Waals surface area contributed by atoms with E-state index in [0.717, 1.165) is 16.6 Å². The molecule has 0 spiro atoms. The van der Waals surface area contributed by atoms with E-state index in [1.807, 2.05) is 6.07 Å². The quantitative estimate of drug-likeness (QED) is 0.712. The zero-order valence-corrected chi connectivity index (χ0v) is 7.97. The van der Waals surface area contributed by atoms with Gasteiger partial charge in [-0.3, -0.25) is 0 Å². The van der Waals surface area contributed by atoms with E-state index in [9.17, 15) is 4.39 Å². The average molecular weight is 231 g/mol. The molecule has 3 heteroatoms. The molecule has 1 unspecified atom stereocenters. The first-order valence-corrected chi connectivity index (χ1v) is 4.61. The summed E-state index contributed by atoms with van der Waals surface area (Å²) >= 11 is 3.31. The van der Waals surface area contributed by atoms with Crippen molar-refractivity contribution in [2.24, 2.45) is 0 Å². The maximum absolute atomic E-state index is 13.2. The maximum atomic E-state index is 13.2. The third-order valence-corrected chi connectivity index (χ3v) is 2.64. The molecule has 0 radical (unpaired) electrons. The number of ether oxygens (including phenoxy) is 1. The minimum atomic E-state index is -0.153. The van der Waals surface area contributed by atoms with Crippen LogP contribution in [0.3, 0.4) is 0 Å². The molecule has 2 rings (SSSR count). The van der Waals surface area contributed by atoms with E-state index in [-0.39, 0.29) is 11.9 Å². The van der Waals surface area contributed by atoms with Crippen LogP contribution in [0.2, 0.25) is 0 Å². The molecule has 1 aliphatic rings. The lowest BCUT2D eigenvalue weighted by molar-refractivity contribution is 0.404. The van der Waals surface area contributed by atoms with E-state index in [4.69, 9.17) is 4.74 Å². The third kappa shape index (κ3) is 1.67. The summed E-state index contributed by atoms with van der Waals surface area (Å²) in [6.07, 6.45) is 0.908. The normalized spacial score (nSPS) is 21.0. The number of hydrogen-bond acceptors (Lipinski definition) is 1. The van der Waals surface area contributed by atoms with Crippen molar-refractivity contribution < 1.29 is 9.13 Å². The summed E-state index contributed by atoms with van der Waals surface area (Å²) in [7, 11) is 0. The molecule has 1 saturated heterocycles. The van der Waals surface area contributed by atoms with E-state index in [0.29, 0.717) is 6.42 Å². The molecule has 1 aliphatic heterocycles. The van der Waals surface area contributed by atoms with Gasteiger partial charge in [-0.25, -0.2) is 4.39 Å². The standard InChI is InChI=1S/C9H8BrFO/c10-8-2-1-3-9(11)7(8)4-6-5-12-6/h1-3,6H,4-5H2. The van der Waals surface area contributed by atoms with Gasteiger partial charge in [0.1, 0.15) is 5.82 Å². The van der Waals surface area contributed by atoms with Crippen molar-refractivity contribution in [1.82, 2.24) is 0 Å². The van der Waals surface area contributed by atoms with Crippen molar-refractivity contribution in [3.05, 3.63) is 34.1 Å². The minimum absolute atomic E-state index is 0.153. The van der Waals surface area contributed by atoms with Crippen molar-refractivity contribution in [3.63, 3.8) is 0 Å². The van der Waals surface area contributed by atoms with Crippen molar-refractivity contribution in [1.29, 1.82) is 0 Å². The molecular formula is C9H8BrFO. The Morgan fingerprint density at radius 2 is 2.33 bits per heavy atom. The Balaban J connectivity index is 2.26. The van der Waals surface area contributed by atoms with Gasteiger partial charge in [0, 0.05) is 16.5 Å². The number of halogens is 2. The van der Waals surface area contributed by atoms with Crippen LogP contribution in [0.4, 0.5) is 4.39 Å². The fourth-order valence-corrected chi connectivity index (χ4v) is 1.64. The Bertz CT molecular complexity index is 276. The Morgan fingerprint density at radius 1 is 1.58 bits per heavy atom. The summed E-state index contributed by atoms with van der Waals surface area (Å²) in [4.78, 5) is 0. The fraction of sp³-hybridized carbons (Fsp3) is 0.333. The molecule has 64 valence electrons. The first kappa shape index (κ1) is 8.20. The van der Waals surface area contributed by atoms with Crippen LogP contribution in [0.1, 0.15) is 5.56 Å². The Morgan fingerprint density at radius 3 is 2.92 bits per heavy atom. The Kier molecular flexibility index (Phi) is 2.15. The fourth-order valence-electron chi connectivity index (χ4n) is 1.14. The molecule has 1 atom stereocenters. The van der Waals surface area contributed by atoms with Crippen LogP contribution in [-0.4, -0.2) is 12.7 Å². The predicted molar refractivity (Wildman–Crippen MR) is 47.5 cm³/mol. The van der Waals surface area contributed by atoms with Gasteiger partial charge in [-0.2, -0.15) is 0 Å². The predicted octanol–water partition coefficient (Wildman–Crippen LogP) is 2.53. The Hall–Kier alpha value is -0.410. The first-order chi connectivity index (χ1) is 5.77. The lowest BCUT2D eigenvalue weighted by Gasteiger charge is -2.02. The van der Waals surface area contributed by atoms with Gasteiger partial charge in [0.05, 0.1) is 12.7 Å². The lowest BCUT2D eigenvalue weighted by Crippen LogP contribution is -1.97. The summed E-state index contributed by atoms with van der Waals surface area (Å²) in [5, 5.41) is 0. The highest BCUT2D eigenvalue weighted by Crippen LogP contribution is 2.25. The summed E-state index contributed by atoms with van der Waals surface area (Å²) in [5.41, 5.74) is 0.722. The van der Waals surface area contributed by atoms with Gasteiger partial charge in [-0.1, -0.05) is 22.0 Å². The van der Waals surface area contributed by atoms with Gasteiger partial charge in [0.15, 0.2) is 0 Å². The number of hydrogen-bond donors (Lipinski definition) is 0. The minimum Gasteiger partial charge on any atom is -0.373 e. The van der Waals surface area contributed by atoms with Gasteiger partial charge >= 0.3 is 0 Å². The molecule has 0 aromatic heterocycles. The molecular weight excluding hydrogens is 223 g/mol. The zero-order chi connectivity index (χ0) is 8.55. The molecule has 12 heavy (non-hydrogen) atoms. The smallest absolute Gasteiger partial charge is 0.127 e. The summed E-state index contributed by atoms with van der Waals surface area (Å²) in [6.45, 7) is 0.765. The molecule has 0 N–H and O–H groups in total. The average Bonchev–Trinajstić information content (AvgIpc) is 2.80. The maximum Gasteiger partial charge on any atom is 0.127 e. The largest absolute Gasteiger partial charge is 0.373 e. The molecule has 0 bridgehead atoms. The van der Waals surface area contributed by atoms with Crippen LogP contribution in [-0.2, 0) is 11.2 Å². The zero-order valence-electron chi connectivity index (χ0n) is 6.39. The first-order valence-electron chi connectivity index (χ1n) is 3.82. The molecule has 1 heterocycles. The van der Waals surface area contributed by atoms with E-state index in [1.54, 1.807) is 6.07 Å². The molecule has 0 saturated carbocycles. The van der Waals surface area contributed by atoms with Gasteiger partial charge < -0.3 is 4.74 Å². The van der Waals surface area contributed by atoms with Crippen molar-refractivity contribution in [2.75, 3.05) is 6.61 Å². The molecule has 1 nitrogen and oxygen atoms in total. The van der Waals surface area contributed by atoms with Crippen molar-refractivity contribution in [2.45, 2.75) is 12.5 Å². The molecule has 1 aromatic rings. The SMILES string of the molecule is Fc1cccc(Br)c1CC1CO1. The number of benzene rings is 1. The lowest BCUT2D eigenvalue weighted by atomic mass is 10.1. The third-order valence-electron chi connectivity index (χ3n) is 1.90. The van der Waals surface area contributed by atoms with E-state index in [2.05, 4.69) is 15.9 Å².